The zero-order chi connectivity index (χ0) is 8.97. The number of aryl methyl sites for hydroxylation is 1. The van der Waals surface area contributed by atoms with Crippen molar-refractivity contribution in [1.29, 1.82) is 0 Å². The van der Waals surface area contributed by atoms with E-state index in [-0.39, 0.29) is 5.56 Å². The molecule has 0 aliphatic rings. The van der Waals surface area contributed by atoms with E-state index < -0.39 is 0 Å². The van der Waals surface area contributed by atoms with Crippen LogP contribution < -0.4 is 11.3 Å². The Morgan fingerprint density at radius 2 is 2.25 bits per heavy atom. The fourth-order valence-corrected chi connectivity index (χ4v) is 1.14. The molecule has 0 aromatic carbocycles. The molecule has 3 nitrogen and oxygen atoms in total. The number of rotatable bonds is 3. The predicted octanol–water partition coefficient (Wildman–Crippen LogP) is 0.277. The lowest BCUT2D eigenvalue weighted by Crippen LogP contribution is -2.19. The first-order valence-corrected chi connectivity index (χ1v) is 4.10. The average Bonchev–Trinajstić information content (AvgIpc) is 2.08. The van der Waals surface area contributed by atoms with Crippen LogP contribution in [0.4, 0.5) is 0 Å². The lowest BCUT2D eigenvalue weighted by molar-refractivity contribution is 0.724. The summed E-state index contributed by atoms with van der Waals surface area (Å²) in [6, 6.07) is 5.30. The third-order valence-electron chi connectivity index (χ3n) is 1.93. The molecule has 0 aliphatic heterocycles. The SMILES string of the molecule is Cn1c(CCCN)cccc1=O. The van der Waals surface area contributed by atoms with Crippen LogP contribution >= 0.6 is 0 Å². The maximum Gasteiger partial charge on any atom is 0.250 e. The Hall–Kier alpha value is -1.09. The maximum absolute atomic E-state index is 11.1. The summed E-state index contributed by atoms with van der Waals surface area (Å²) in [6.07, 6.45) is 1.81. The van der Waals surface area contributed by atoms with Crippen molar-refractivity contribution in [3.63, 3.8) is 0 Å². The van der Waals surface area contributed by atoms with Crippen molar-refractivity contribution in [2.45, 2.75) is 12.8 Å². The highest BCUT2D eigenvalue weighted by Gasteiger charge is 1.96. The molecule has 1 heterocycles. The monoisotopic (exact) mass is 166 g/mol. The number of nitrogens with two attached hydrogens (primary N) is 1. The molecule has 0 atom stereocenters. The molecular formula is C9H14N2O. The van der Waals surface area contributed by atoms with Gasteiger partial charge in [-0.2, -0.15) is 0 Å². The quantitative estimate of drug-likeness (QED) is 0.701. The van der Waals surface area contributed by atoms with E-state index in [1.165, 1.54) is 0 Å². The van der Waals surface area contributed by atoms with Crippen LogP contribution in [0.1, 0.15) is 12.1 Å². The normalized spacial score (nSPS) is 10.2. The molecule has 0 saturated carbocycles. The van der Waals surface area contributed by atoms with Gasteiger partial charge in [-0.05, 0) is 25.5 Å². The fourth-order valence-electron chi connectivity index (χ4n) is 1.14. The Morgan fingerprint density at radius 3 is 2.92 bits per heavy atom. The van der Waals surface area contributed by atoms with Crippen molar-refractivity contribution in [2.75, 3.05) is 6.54 Å². The summed E-state index contributed by atoms with van der Waals surface area (Å²) in [7, 11) is 1.79. The smallest absolute Gasteiger partial charge is 0.250 e. The molecular weight excluding hydrogens is 152 g/mol. The average molecular weight is 166 g/mol. The minimum atomic E-state index is 0.0459. The van der Waals surface area contributed by atoms with Gasteiger partial charge in [-0.25, -0.2) is 0 Å². The standard InChI is InChI=1S/C9H14N2O/c1-11-8(5-3-7-10)4-2-6-9(11)12/h2,4,6H,3,5,7,10H2,1H3. The molecule has 0 radical (unpaired) electrons. The number of hydrogen-bond acceptors (Lipinski definition) is 2. The van der Waals surface area contributed by atoms with E-state index in [1.807, 2.05) is 6.07 Å². The molecule has 0 fully saturated rings. The van der Waals surface area contributed by atoms with Crippen molar-refractivity contribution in [3.8, 4) is 0 Å². The molecule has 0 unspecified atom stereocenters. The molecule has 1 aromatic heterocycles. The topological polar surface area (TPSA) is 48.0 Å². The van der Waals surface area contributed by atoms with Crippen LogP contribution in [0.25, 0.3) is 0 Å². The van der Waals surface area contributed by atoms with Gasteiger partial charge in [0.1, 0.15) is 0 Å². The Bertz CT molecular complexity index is 304. The zero-order valence-electron chi connectivity index (χ0n) is 7.29. The van der Waals surface area contributed by atoms with E-state index in [4.69, 9.17) is 5.73 Å². The summed E-state index contributed by atoms with van der Waals surface area (Å²) in [4.78, 5) is 11.1. The molecule has 0 spiro atoms. The highest BCUT2D eigenvalue weighted by atomic mass is 16.1. The molecule has 66 valence electrons. The van der Waals surface area contributed by atoms with Gasteiger partial charge in [0.05, 0.1) is 0 Å². The van der Waals surface area contributed by atoms with Gasteiger partial charge < -0.3 is 10.3 Å². The number of nitrogens with zero attached hydrogens (tertiary/aromatic N) is 1. The highest BCUT2D eigenvalue weighted by molar-refractivity contribution is 5.06. The highest BCUT2D eigenvalue weighted by Crippen LogP contribution is 1.97. The zero-order valence-corrected chi connectivity index (χ0v) is 7.29. The van der Waals surface area contributed by atoms with Crippen molar-refractivity contribution < 1.29 is 0 Å². The molecule has 3 heteroatoms. The van der Waals surface area contributed by atoms with Gasteiger partial charge in [0, 0.05) is 18.8 Å². The Morgan fingerprint density at radius 1 is 1.50 bits per heavy atom. The van der Waals surface area contributed by atoms with E-state index in [9.17, 15) is 4.79 Å². The molecule has 1 rings (SSSR count). The summed E-state index contributed by atoms with van der Waals surface area (Å²) < 4.78 is 1.66. The minimum absolute atomic E-state index is 0.0459. The summed E-state index contributed by atoms with van der Waals surface area (Å²) in [5, 5.41) is 0. The number of pyridine rings is 1. The lowest BCUT2D eigenvalue weighted by Gasteiger charge is -2.05. The van der Waals surface area contributed by atoms with E-state index in [2.05, 4.69) is 0 Å². The van der Waals surface area contributed by atoms with Gasteiger partial charge in [-0.3, -0.25) is 4.79 Å². The first-order valence-electron chi connectivity index (χ1n) is 4.10. The molecule has 0 bridgehead atoms. The van der Waals surface area contributed by atoms with Gasteiger partial charge in [-0.1, -0.05) is 6.07 Å². The number of aromatic nitrogens is 1. The maximum atomic E-state index is 11.1. The van der Waals surface area contributed by atoms with E-state index in [1.54, 1.807) is 23.7 Å². The second kappa shape index (κ2) is 4.07. The third kappa shape index (κ3) is 1.95. The van der Waals surface area contributed by atoms with E-state index >= 15 is 0 Å². The van der Waals surface area contributed by atoms with E-state index in [0.29, 0.717) is 6.54 Å². The first kappa shape index (κ1) is 9.00. The lowest BCUT2D eigenvalue weighted by atomic mass is 10.2. The molecule has 0 aliphatic carbocycles. The third-order valence-corrected chi connectivity index (χ3v) is 1.93. The van der Waals surface area contributed by atoms with Crippen LogP contribution in [-0.2, 0) is 13.5 Å². The predicted molar refractivity (Wildman–Crippen MR) is 49.1 cm³/mol. The van der Waals surface area contributed by atoms with Crippen LogP contribution in [0.2, 0.25) is 0 Å². The van der Waals surface area contributed by atoms with Crippen LogP contribution in [-0.4, -0.2) is 11.1 Å². The summed E-state index contributed by atoms with van der Waals surface area (Å²) in [5.41, 5.74) is 6.47. The van der Waals surface area contributed by atoms with Gasteiger partial charge >= 0.3 is 0 Å². The van der Waals surface area contributed by atoms with Crippen molar-refractivity contribution >= 4 is 0 Å². The molecule has 1 aromatic rings. The van der Waals surface area contributed by atoms with Crippen LogP contribution in [0.5, 0.6) is 0 Å². The Labute approximate surface area is 71.8 Å². The summed E-state index contributed by atoms with van der Waals surface area (Å²) in [6.45, 7) is 0.670. The molecule has 0 saturated heterocycles. The van der Waals surface area contributed by atoms with Crippen molar-refractivity contribution in [3.05, 3.63) is 34.2 Å². The number of hydrogen-bond donors (Lipinski definition) is 1. The van der Waals surface area contributed by atoms with Gasteiger partial charge in [0.15, 0.2) is 0 Å². The van der Waals surface area contributed by atoms with Gasteiger partial charge in [0.2, 0.25) is 5.56 Å². The van der Waals surface area contributed by atoms with Crippen molar-refractivity contribution in [1.82, 2.24) is 4.57 Å². The molecule has 0 amide bonds. The Kier molecular flexibility index (Phi) is 3.05. The largest absolute Gasteiger partial charge is 0.330 e. The minimum Gasteiger partial charge on any atom is -0.330 e. The van der Waals surface area contributed by atoms with Gasteiger partial charge in [0.25, 0.3) is 0 Å². The first-order chi connectivity index (χ1) is 5.75. The molecule has 2 N–H and O–H groups in total. The van der Waals surface area contributed by atoms with E-state index in [0.717, 1.165) is 18.5 Å². The second-order valence-electron chi connectivity index (χ2n) is 2.81. The Balaban J connectivity index is 2.85. The van der Waals surface area contributed by atoms with Crippen LogP contribution in [0, 0.1) is 0 Å². The fraction of sp³-hybridized carbons (Fsp3) is 0.444. The second-order valence-corrected chi connectivity index (χ2v) is 2.81. The summed E-state index contributed by atoms with van der Waals surface area (Å²) in [5.74, 6) is 0. The van der Waals surface area contributed by atoms with Crippen LogP contribution in [0.15, 0.2) is 23.0 Å². The summed E-state index contributed by atoms with van der Waals surface area (Å²) >= 11 is 0. The van der Waals surface area contributed by atoms with Crippen LogP contribution in [0.3, 0.4) is 0 Å². The van der Waals surface area contributed by atoms with Crippen molar-refractivity contribution in [2.24, 2.45) is 12.8 Å². The van der Waals surface area contributed by atoms with Gasteiger partial charge in [-0.15, -0.1) is 0 Å². The molecule has 12 heavy (non-hydrogen) atoms.